The molecule has 2 aromatic carbocycles. The molecular weight excluding hydrogens is 338 g/mol. The Balaban J connectivity index is 1.60. The summed E-state index contributed by atoms with van der Waals surface area (Å²) in [6, 6.07) is 13.8. The van der Waals surface area contributed by atoms with Crippen LogP contribution in [0.5, 0.6) is 0 Å². The first-order valence-corrected chi connectivity index (χ1v) is 9.50. The Morgan fingerprint density at radius 2 is 1.67 bits per heavy atom. The number of carbonyl (C=O) groups is 2. The number of amides is 2. The molecule has 27 heavy (non-hydrogen) atoms. The van der Waals surface area contributed by atoms with Crippen LogP contribution in [0.15, 0.2) is 42.5 Å². The lowest BCUT2D eigenvalue weighted by atomic mass is 10.1. The number of urea groups is 1. The van der Waals surface area contributed by atoms with E-state index >= 15 is 0 Å². The van der Waals surface area contributed by atoms with Gasteiger partial charge in [-0.05, 0) is 55.7 Å². The summed E-state index contributed by atoms with van der Waals surface area (Å²) in [6.45, 7) is 8.60. The van der Waals surface area contributed by atoms with Gasteiger partial charge in [0.15, 0.2) is 5.78 Å². The number of aryl methyl sites for hydroxylation is 2. The predicted octanol–water partition coefficient (Wildman–Crippen LogP) is 4.11. The molecule has 0 spiro atoms. The van der Waals surface area contributed by atoms with Crippen LogP contribution in [0.25, 0.3) is 0 Å². The number of nitrogens with zero attached hydrogens (tertiary/aromatic N) is 2. The zero-order valence-electron chi connectivity index (χ0n) is 16.3. The fourth-order valence-electron chi connectivity index (χ4n) is 3.46. The van der Waals surface area contributed by atoms with Gasteiger partial charge in [-0.25, -0.2) is 4.79 Å². The minimum absolute atomic E-state index is 0.0365. The molecule has 5 heteroatoms. The lowest BCUT2D eigenvalue weighted by Crippen LogP contribution is -2.50. The third kappa shape index (κ3) is 4.30. The van der Waals surface area contributed by atoms with Gasteiger partial charge in [-0.3, -0.25) is 4.79 Å². The van der Waals surface area contributed by atoms with Crippen molar-refractivity contribution in [1.82, 2.24) is 4.90 Å². The minimum Gasteiger partial charge on any atom is -0.368 e. The van der Waals surface area contributed by atoms with Crippen molar-refractivity contribution in [3.63, 3.8) is 0 Å². The first kappa shape index (κ1) is 19.0. The Labute approximate surface area is 161 Å². The van der Waals surface area contributed by atoms with Crippen LogP contribution in [0.3, 0.4) is 0 Å². The largest absolute Gasteiger partial charge is 0.368 e. The number of hydrogen-bond acceptors (Lipinski definition) is 3. The second-order valence-corrected chi connectivity index (χ2v) is 6.97. The lowest BCUT2D eigenvalue weighted by Gasteiger charge is -2.36. The molecule has 0 bridgehead atoms. The van der Waals surface area contributed by atoms with E-state index < -0.39 is 0 Å². The van der Waals surface area contributed by atoms with Crippen molar-refractivity contribution in [2.45, 2.75) is 27.2 Å². The van der Waals surface area contributed by atoms with Gasteiger partial charge in [0.25, 0.3) is 0 Å². The second-order valence-electron chi connectivity index (χ2n) is 6.97. The van der Waals surface area contributed by atoms with E-state index in [1.165, 1.54) is 0 Å². The van der Waals surface area contributed by atoms with Gasteiger partial charge >= 0.3 is 6.03 Å². The summed E-state index contributed by atoms with van der Waals surface area (Å²) in [5.41, 5.74) is 5.00. The topological polar surface area (TPSA) is 52.7 Å². The zero-order chi connectivity index (χ0) is 19.4. The maximum absolute atomic E-state index is 12.7. The predicted molar refractivity (Wildman–Crippen MR) is 110 cm³/mol. The van der Waals surface area contributed by atoms with Crippen LogP contribution in [0.2, 0.25) is 0 Å². The number of hydrogen-bond donors (Lipinski definition) is 1. The van der Waals surface area contributed by atoms with Crippen LogP contribution in [0, 0.1) is 6.92 Å². The highest BCUT2D eigenvalue weighted by Gasteiger charge is 2.22. The highest BCUT2D eigenvalue weighted by Crippen LogP contribution is 2.22. The van der Waals surface area contributed by atoms with Gasteiger partial charge in [-0.2, -0.15) is 0 Å². The smallest absolute Gasteiger partial charge is 0.321 e. The molecule has 3 rings (SSSR count). The first-order valence-electron chi connectivity index (χ1n) is 9.50. The normalized spacial score (nSPS) is 14.2. The van der Waals surface area contributed by atoms with Crippen molar-refractivity contribution in [3.05, 3.63) is 59.2 Å². The number of Topliss-reactive ketones (excluding diaryl/α,β-unsaturated/α-hetero) is 1. The van der Waals surface area contributed by atoms with Crippen LogP contribution < -0.4 is 10.2 Å². The average molecular weight is 365 g/mol. The van der Waals surface area contributed by atoms with Gasteiger partial charge in [0, 0.05) is 43.1 Å². The summed E-state index contributed by atoms with van der Waals surface area (Å²) in [5.74, 6) is 0.0747. The summed E-state index contributed by atoms with van der Waals surface area (Å²) in [6.07, 6.45) is 0.890. The molecule has 0 unspecified atom stereocenters. The summed E-state index contributed by atoms with van der Waals surface area (Å²) in [4.78, 5) is 28.2. The molecule has 2 amide bonds. The van der Waals surface area contributed by atoms with Gasteiger partial charge in [-0.1, -0.05) is 25.1 Å². The molecule has 0 aromatic heterocycles. The second kappa shape index (κ2) is 8.25. The van der Waals surface area contributed by atoms with E-state index in [-0.39, 0.29) is 11.8 Å². The average Bonchev–Trinajstić information content (AvgIpc) is 2.69. The van der Waals surface area contributed by atoms with Gasteiger partial charge in [0.1, 0.15) is 0 Å². The number of para-hydroxylation sites is 1. The number of nitrogens with one attached hydrogen (secondary N) is 1. The van der Waals surface area contributed by atoms with E-state index in [1.54, 1.807) is 6.92 Å². The standard InChI is InChI=1S/C22H27N3O2/c1-4-18-7-5-6-16(2)21(18)23-22(27)25-14-12-24(13-15-25)20-10-8-19(9-11-20)17(3)26/h5-11H,4,12-15H2,1-3H3,(H,23,27). The van der Waals surface area contributed by atoms with Crippen LogP contribution in [-0.2, 0) is 6.42 Å². The number of carbonyl (C=O) groups excluding carboxylic acids is 2. The molecule has 0 radical (unpaired) electrons. The Bertz CT molecular complexity index is 822. The van der Waals surface area contributed by atoms with E-state index in [2.05, 4.69) is 23.2 Å². The molecule has 1 aliphatic rings. The number of anilines is 2. The third-order valence-corrected chi connectivity index (χ3v) is 5.18. The summed E-state index contributed by atoms with van der Waals surface area (Å²) in [7, 11) is 0. The zero-order valence-corrected chi connectivity index (χ0v) is 16.3. The highest BCUT2D eigenvalue weighted by atomic mass is 16.2. The Kier molecular flexibility index (Phi) is 5.79. The van der Waals surface area contributed by atoms with Gasteiger partial charge in [0.05, 0.1) is 0 Å². The molecule has 1 N–H and O–H groups in total. The maximum atomic E-state index is 12.7. The fourth-order valence-corrected chi connectivity index (χ4v) is 3.46. The number of benzene rings is 2. The molecule has 2 aromatic rings. The number of rotatable bonds is 4. The van der Waals surface area contributed by atoms with Crippen molar-refractivity contribution < 1.29 is 9.59 Å². The van der Waals surface area contributed by atoms with Gasteiger partial charge in [-0.15, -0.1) is 0 Å². The van der Waals surface area contributed by atoms with Gasteiger partial charge < -0.3 is 15.1 Å². The van der Waals surface area contributed by atoms with Crippen LogP contribution in [-0.4, -0.2) is 42.9 Å². The molecule has 1 heterocycles. The summed E-state index contributed by atoms with van der Waals surface area (Å²) >= 11 is 0. The summed E-state index contributed by atoms with van der Waals surface area (Å²) < 4.78 is 0. The maximum Gasteiger partial charge on any atom is 0.321 e. The monoisotopic (exact) mass is 365 g/mol. The third-order valence-electron chi connectivity index (χ3n) is 5.18. The SMILES string of the molecule is CCc1cccc(C)c1NC(=O)N1CCN(c2ccc(C(C)=O)cc2)CC1. The van der Waals surface area contributed by atoms with E-state index in [9.17, 15) is 9.59 Å². The Morgan fingerprint density at radius 1 is 1.00 bits per heavy atom. The molecule has 5 nitrogen and oxygen atoms in total. The Hall–Kier alpha value is -2.82. The van der Waals surface area contributed by atoms with Gasteiger partial charge in [0.2, 0.25) is 0 Å². The molecule has 0 atom stereocenters. The van der Waals surface area contributed by atoms with E-state index in [1.807, 2.05) is 48.2 Å². The quantitative estimate of drug-likeness (QED) is 0.830. The van der Waals surface area contributed by atoms with Crippen molar-refractivity contribution in [2.24, 2.45) is 0 Å². The number of piperazine rings is 1. The van der Waals surface area contributed by atoms with Crippen LogP contribution in [0.1, 0.15) is 35.3 Å². The van der Waals surface area contributed by atoms with Crippen LogP contribution in [0.4, 0.5) is 16.2 Å². The van der Waals surface area contributed by atoms with Crippen molar-refractivity contribution >= 4 is 23.2 Å². The minimum atomic E-state index is -0.0365. The summed E-state index contributed by atoms with van der Waals surface area (Å²) in [5, 5.41) is 3.10. The first-order chi connectivity index (χ1) is 13.0. The lowest BCUT2D eigenvalue weighted by molar-refractivity contribution is 0.101. The highest BCUT2D eigenvalue weighted by molar-refractivity contribution is 5.94. The van der Waals surface area contributed by atoms with Crippen LogP contribution >= 0.6 is 0 Å². The fraction of sp³-hybridized carbons (Fsp3) is 0.364. The molecule has 0 saturated carbocycles. The van der Waals surface area contributed by atoms with E-state index in [0.717, 1.165) is 47.6 Å². The van der Waals surface area contributed by atoms with E-state index in [0.29, 0.717) is 13.1 Å². The molecule has 142 valence electrons. The van der Waals surface area contributed by atoms with Crippen molar-refractivity contribution in [3.8, 4) is 0 Å². The molecule has 1 saturated heterocycles. The molecule has 0 aliphatic carbocycles. The van der Waals surface area contributed by atoms with Crippen molar-refractivity contribution in [2.75, 3.05) is 36.4 Å². The molecule has 1 aliphatic heterocycles. The molecule has 1 fully saturated rings. The number of ketones is 1. The molecular formula is C22H27N3O2. The Morgan fingerprint density at radius 3 is 2.26 bits per heavy atom. The van der Waals surface area contributed by atoms with Crippen molar-refractivity contribution in [1.29, 1.82) is 0 Å². The van der Waals surface area contributed by atoms with E-state index in [4.69, 9.17) is 0 Å².